The van der Waals surface area contributed by atoms with Crippen LogP contribution in [0.1, 0.15) is 24.5 Å². The highest BCUT2D eigenvalue weighted by atomic mass is 16.5. The maximum absolute atomic E-state index is 6.23. The van der Waals surface area contributed by atoms with Crippen molar-refractivity contribution in [2.45, 2.75) is 25.8 Å². The minimum absolute atomic E-state index is 0.0962. The summed E-state index contributed by atoms with van der Waals surface area (Å²) in [7, 11) is 1.70. The Bertz CT molecular complexity index is 361. The number of benzene rings is 1. The van der Waals surface area contributed by atoms with E-state index in [9.17, 15) is 0 Å². The van der Waals surface area contributed by atoms with Crippen LogP contribution in [0.5, 0.6) is 5.75 Å². The molecule has 0 heterocycles. The predicted octanol–water partition coefficient (Wildman–Crippen LogP) is 2.20. The number of methoxy groups -OCH3 is 1. The van der Waals surface area contributed by atoms with Gasteiger partial charge in [0.15, 0.2) is 0 Å². The average molecular weight is 191 g/mol. The van der Waals surface area contributed by atoms with Gasteiger partial charge in [-0.25, -0.2) is 0 Å². The summed E-state index contributed by atoms with van der Waals surface area (Å²) in [6.45, 7) is 4.23. The van der Waals surface area contributed by atoms with Crippen LogP contribution in [0.15, 0.2) is 18.2 Å². The molecule has 2 heteroatoms. The third-order valence-corrected chi connectivity index (χ3v) is 3.31. The van der Waals surface area contributed by atoms with Crippen molar-refractivity contribution in [3.8, 4) is 5.75 Å². The van der Waals surface area contributed by atoms with E-state index in [1.807, 2.05) is 6.92 Å². The normalized spacial score (nSPS) is 30.1. The lowest BCUT2D eigenvalue weighted by molar-refractivity contribution is 0.410. The van der Waals surface area contributed by atoms with Gasteiger partial charge in [0, 0.05) is 5.54 Å². The van der Waals surface area contributed by atoms with Crippen LogP contribution in [-0.2, 0) is 5.54 Å². The minimum Gasteiger partial charge on any atom is -0.496 e. The molecule has 2 nitrogen and oxygen atoms in total. The maximum Gasteiger partial charge on any atom is 0.122 e. The number of rotatable bonds is 2. The molecule has 2 rings (SSSR count). The van der Waals surface area contributed by atoms with Gasteiger partial charge < -0.3 is 10.5 Å². The van der Waals surface area contributed by atoms with Crippen LogP contribution in [0, 0.1) is 12.8 Å². The monoisotopic (exact) mass is 191 g/mol. The lowest BCUT2D eigenvalue weighted by Gasteiger charge is -2.13. The number of ether oxygens (including phenoxy) is 1. The molecule has 0 spiro atoms. The molecule has 0 aliphatic heterocycles. The van der Waals surface area contributed by atoms with Gasteiger partial charge in [-0.3, -0.25) is 0 Å². The highest BCUT2D eigenvalue weighted by Crippen LogP contribution is 2.49. The quantitative estimate of drug-likeness (QED) is 0.777. The Morgan fingerprint density at radius 1 is 1.50 bits per heavy atom. The fraction of sp³-hybridized carbons (Fsp3) is 0.500. The van der Waals surface area contributed by atoms with Crippen LogP contribution < -0.4 is 10.5 Å². The van der Waals surface area contributed by atoms with Crippen molar-refractivity contribution < 1.29 is 4.74 Å². The van der Waals surface area contributed by atoms with Crippen LogP contribution in [0.25, 0.3) is 0 Å². The van der Waals surface area contributed by atoms with Gasteiger partial charge in [-0.15, -0.1) is 0 Å². The van der Waals surface area contributed by atoms with Crippen molar-refractivity contribution in [1.82, 2.24) is 0 Å². The first kappa shape index (κ1) is 9.53. The smallest absolute Gasteiger partial charge is 0.122 e. The summed E-state index contributed by atoms with van der Waals surface area (Å²) < 4.78 is 5.29. The van der Waals surface area contributed by atoms with E-state index >= 15 is 0 Å². The molecule has 76 valence electrons. The summed E-state index contributed by atoms with van der Waals surface area (Å²) >= 11 is 0. The van der Waals surface area contributed by atoms with Gasteiger partial charge in [-0.05, 0) is 36.5 Å². The molecule has 14 heavy (non-hydrogen) atoms. The zero-order valence-electron chi connectivity index (χ0n) is 9.00. The van der Waals surface area contributed by atoms with Gasteiger partial charge in [-0.1, -0.05) is 19.1 Å². The summed E-state index contributed by atoms with van der Waals surface area (Å²) in [6, 6.07) is 6.26. The minimum atomic E-state index is -0.0962. The van der Waals surface area contributed by atoms with E-state index in [1.54, 1.807) is 7.11 Å². The molecule has 2 unspecified atom stereocenters. The van der Waals surface area contributed by atoms with E-state index in [0.717, 1.165) is 17.7 Å². The van der Waals surface area contributed by atoms with Gasteiger partial charge in [0.05, 0.1) is 7.11 Å². The van der Waals surface area contributed by atoms with Crippen molar-refractivity contribution in [2.75, 3.05) is 7.11 Å². The highest BCUT2D eigenvalue weighted by Gasteiger charge is 2.48. The third kappa shape index (κ3) is 1.30. The zero-order chi connectivity index (χ0) is 10.3. The fourth-order valence-corrected chi connectivity index (χ4v) is 1.96. The van der Waals surface area contributed by atoms with E-state index in [0.29, 0.717) is 5.92 Å². The zero-order valence-corrected chi connectivity index (χ0v) is 9.00. The largest absolute Gasteiger partial charge is 0.496 e. The summed E-state index contributed by atoms with van der Waals surface area (Å²) in [5.41, 5.74) is 8.49. The summed E-state index contributed by atoms with van der Waals surface area (Å²) in [5, 5.41) is 0. The van der Waals surface area contributed by atoms with Gasteiger partial charge in [0.25, 0.3) is 0 Å². The molecule has 2 N–H and O–H groups in total. The van der Waals surface area contributed by atoms with Gasteiger partial charge >= 0.3 is 0 Å². The molecule has 1 fully saturated rings. The number of hydrogen-bond acceptors (Lipinski definition) is 2. The van der Waals surface area contributed by atoms with Gasteiger partial charge in [0.2, 0.25) is 0 Å². The number of aryl methyl sites for hydroxylation is 1. The highest BCUT2D eigenvalue weighted by molar-refractivity contribution is 5.42. The molecule has 0 bridgehead atoms. The first-order valence-electron chi connectivity index (χ1n) is 5.02. The van der Waals surface area contributed by atoms with Crippen molar-refractivity contribution >= 4 is 0 Å². The first-order valence-corrected chi connectivity index (χ1v) is 5.02. The SMILES string of the molecule is COc1cc(C2(N)CC2C)ccc1C. The Hall–Kier alpha value is -1.02. The molecule has 0 radical (unpaired) electrons. The molecule has 1 aromatic rings. The first-order chi connectivity index (χ1) is 6.58. The molecular weight excluding hydrogens is 174 g/mol. The van der Waals surface area contributed by atoms with E-state index in [-0.39, 0.29) is 5.54 Å². The second-order valence-electron chi connectivity index (χ2n) is 4.33. The Balaban J connectivity index is 2.37. The fourth-order valence-electron chi connectivity index (χ4n) is 1.96. The van der Waals surface area contributed by atoms with Crippen LogP contribution in [0.2, 0.25) is 0 Å². The van der Waals surface area contributed by atoms with Crippen LogP contribution in [-0.4, -0.2) is 7.11 Å². The molecule has 0 saturated heterocycles. The predicted molar refractivity (Wildman–Crippen MR) is 57.4 cm³/mol. The molecule has 1 saturated carbocycles. The lowest BCUT2D eigenvalue weighted by atomic mass is 10.0. The van der Waals surface area contributed by atoms with E-state index in [2.05, 4.69) is 25.1 Å². The third-order valence-electron chi connectivity index (χ3n) is 3.31. The summed E-state index contributed by atoms with van der Waals surface area (Å²) in [5.74, 6) is 1.53. The van der Waals surface area contributed by atoms with Crippen molar-refractivity contribution in [1.29, 1.82) is 0 Å². The van der Waals surface area contributed by atoms with Crippen molar-refractivity contribution in [3.05, 3.63) is 29.3 Å². The van der Waals surface area contributed by atoms with E-state index in [4.69, 9.17) is 10.5 Å². The Morgan fingerprint density at radius 2 is 2.14 bits per heavy atom. The van der Waals surface area contributed by atoms with Crippen LogP contribution >= 0.6 is 0 Å². The standard InChI is InChI=1S/C12H17NO/c1-8-4-5-10(6-11(8)14-3)12(13)7-9(12)2/h4-6,9H,7,13H2,1-3H3. The molecule has 0 aromatic heterocycles. The van der Waals surface area contributed by atoms with Crippen molar-refractivity contribution in [3.63, 3.8) is 0 Å². The van der Waals surface area contributed by atoms with Gasteiger partial charge in [0.1, 0.15) is 5.75 Å². The second kappa shape index (κ2) is 2.99. The Morgan fingerprint density at radius 3 is 2.64 bits per heavy atom. The average Bonchev–Trinajstić information content (AvgIpc) is 2.76. The maximum atomic E-state index is 6.23. The number of hydrogen-bond donors (Lipinski definition) is 1. The molecule has 2 atom stereocenters. The molecule has 1 aliphatic rings. The van der Waals surface area contributed by atoms with E-state index < -0.39 is 0 Å². The van der Waals surface area contributed by atoms with Gasteiger partial charge in [-0.2, -0.15) is 0 Å². The summed E-state index contributed by atoms with van der Waals surface area (Å²) in [4.78, 5) is 0. The molecule has 1 aliphatic carbocycles. The topological polar surface area (TPSA) is 35.2 Å². The van der Waals surface area contributed by atoms with Crippen LogP contribution in [0.4, 0.5) is 0 Å². The lowest BCUT2D eigenvalue weighted by Crippen LogP contribution is -2.21. The van der Waals surface area contributed by atoms with E-state index in [1.165, 1.54) is 5.56 Å². The second-order valence-corrected chi connectivity index (χ2v) is 4.33. The number of nitrogens with two attached hydrogens (primary N) is 1. The Labute approximate surface area is 85.1 Å². The van der Waals surface area contributed by atoms with Crippen LogP contribution in [0.3, 0.4) is 0 Å². The summed E-state index contributed by atoms with van der Waals surface area (Å²) in [6.07, 6.45) is 1.08. The molecule has 0 amide bonds. The Kier molecular flexibility index (Phi) is 2.04. The van der Waals surface area contributed by atoms with Crippen molar-refractivity contribution in [2.24, 2.45) is 11.7 Å². The molecule has 1 aromatic carbocycles. The molecular formula is C12H17NO.